The van der Waals surface area contributed by atoms with Crippen molar-refractivity contribution in [3.63, 3.8) is 0 Å². The third kappa shape index (κ3) is 4.85. The van der Waals surface area contributed by atoms with Crippen LogP contribution >= 0.6 is 0 Å². The summed E-state index contributed by atoms with van der Waals surface area (Å²) in [5.74, 6) is -81.4. The molecule has 25 heteroatoms. The van der Waals surface area contributed by atoms with Crippen molar-refractivity contribution in [1.29, 1.82) is 0 Å². The van der Waals surface area contributed by atoms with E-state index in [1.165, 1.54) is 0 Å². The Balaban J connectivity index is 7.00. The average molecular weight is 627 g/mol. The molecule has 0 spiro atoms. The van der Waals surface area contributed by atoms with Crippen molar-refractivity contribution in [2.45, 2.75) is 65.9 Å². The van der Waals surface area contributed by atoms with E-state index in [0.717, 1.165) is 0 Å². The van der Waals surface area contributed by atoms with E-state index < -0.39 is 81.8 Å². The Morgan fingerprint density at radius 2 is 0.622 bits per heavy atom. The van der Waals surface area contributed by atoms with E-state index in [1.807, 2.05) is 0 Å². The van der Waals surface area contributed by atoms with Crippen LogP contribution in [0.4, 0.5) is 92.2 Å². The predicted octanol–water partition coefficient (Wildman–Crippen LogP) is 6.20. The van der Waals surface area contributed by atoms with E-state index in [2.05, 4.69) is 0 Å². The fourth-order valence-corrected chi connectivity index (χ4v) is 2.51. The van der Waals surface area contributed by atoms with E-state index in [9.17, 15) is 105 Å². The lowest BCUT2D eigenvalue weighted by Gasteiger charge is -2.44. The minimum Gasteiger partial charge on any atom is -0.748 e. The van der Waals surface area contributed by atoms with Crippen LogP contribution in [0.15, 0.2) is 0 Å². The topological polar surface area (TPSA) is 57.2 Å². The maximum atomic E-state index is 13.5. The van der Waals surface area contributed by atoms with Crippen molar-refractivity contribution in [1.82, 2.24) is 0 Å². The second-order valence-corrected chi connectivity index (χ2v) is 8.33. The molecule has 0 fully saturated rings. The molecule has 0 aromatic heterocycles. The van der Waals surface area contributed by atoms with Gasteiger partial charge in [-0.05, 0) is 0 Å². The van der Waals surface area contributed by atoms with Gasteiger partial charge >= 0.3 is 59.5 Å². The Morgan fingerprint density at radius 1 is 0.405 bits per heavy atom. The van der Waals surface area contributed by atoms with Gasteiger partial charge in [-0.1, -0.05) is 0 Å². The van der Waals surface area contributed by atoms with Gasteiger partial charge in [0.15, 0.2) is 0 Å². The summed E-state index contributed by atoms with van der Waals surface area (Å²) in [7, 11) is -6.12. The lowest BCUT2D eigenvalue weighted by molar-refractivity contribution is -0.474. The summed E-state index contributed by atoms with van der Waals surface area (Å²) in [5, 5.41) is 0. The van der Waals surface area contributed by atoms with Gasteiger partial charge in [0.2, 0.25) is 0 Å². The quantitative estimate of drug-likeness (QED) is 0.203. The molecule has 0 aromatic rings. The summed E-state index contributed by atoms with van der Waals surface area (Å²) in [6, 6.07) is 0. The minimum atomic E-state index is -9.28. The highest BCUT2D eigenvalue weighted by molar-refractivity contribution is 7.85. The number of hydrogen-bond donors (Lipinski definition) is 0. The minimum absolute atomic E-state index is 2.87. The lowest BCUT2D eigenvalue weighted by Crippen LogP contribution is -2.76. The molecule has 0 saturated carbocycles. The van der Waals surface area contributed by atoms with Gasteiger partial charge in [0.25, 0.3) is 0 Å². The molecule has 0 heterocycles. The molecule has 37 heavy (non-hydrogen) atoms. The van der Waals surface area contributed by atoms with Crippen LogP contribution in [0.3, 0.4) is 0 Å². The van der Waals surface area contributed by atoms with Gasteiger partial charge in [-0.15, -0.1) is 0 Å². The molecule has 3 nitrogen and oxygen atoms in total. The zero-order valence-electron chi connectivity index (χ0n) is 16.0. The van der Waals surface area contributed by atoms with Gasteiger partial charge in [-0.2, -0.15) is 92.2 Å². The molecule has 0 N–H and O–H groups in total. The molecule has 0 aromatic carbocycles. The fourth-order valence-electron chi connectivity index (χ4n) is 2.00. The highest BCUT2D eigenvalue weighted by Gasteiger charge is 2.97. The first-order chi connectivity index (χ1) is 15.5. The highest BCUT2D eigenvalue weighted by Crippen LogP contribution is 2.66. The first-order valence-electron chi connectivity index (χ1n) is 7.86. The standard InChI is InChI=1S/C12H5F21O3S/c13-3(14,1-2-37(34,35)36)4(15,16)5(17,18)6(19,20)7(21,22)8(23,24)9(25,26)10(27,28)11(29,30)12(31,32)33/h1-2H2,(H,34,35,36)/p-1. The van der Waals surface area contributed by atoms with E-state index >= 15 is 0 Å². The molecule has 0 amide bonds. The smallest absolute Gasteiger partial charge is 0.460 e. The summed E-state index contributed by atoms with van der Waals surface area (Å²) in [6.07, 6.45) is -11.5. The molecule has 0 rings (SSSR count). The van der Waals surface area contributed by atoms with E-state index in [1.54, 1.807) is 0 Å². The highest BCUT2D eigenvalue weighted by atomic mass is 32.2. The largest absolute Gasteiger partial charge is 0.748 e. The molecule has 0 aliphatic rings. The van der Waals surface area contributed by atoms with Gasteiger partial charge in [-0.3, -0.25) is 0 Å². The van der Waals surface area contributed by atoms with Crippen molar-refractivity contribution in [2.24, 2.45) is 0 Å². The van der Waals surface area contributed by atoms with Crippen molar-refractivity contribution < 1.29 is 105 Å². The number of alkyl halides is 21. The van der Waals surface area contributed by atoms with Crippen LogP contribution in [-0.2, 0) is 10.1 Å². The van der Waals surface area contributed by atoms with Crippen molar-refractivity contribution in [2.75, 3.05) is 5.75 Å². The van der Waals surface area contributed by atoms with Gasteiger partial charge in [0, 0.05) is 12.2 Å². The first-order valence-corrected chi connectivity index (χ1v) is 9.44. The maximum Gasteiger partial charge on any atom is 0.460 e. The molecular weight excluding hydrogens is 623 g/mol. The second kappa shape index (κ2) is 8.72. The summed E-state index contributed by atoms with van der Waals surface area (Å²) >= 11 is 0. The summed E-state index contributed by atoms with van der Waals surface area (Å²) in [4.78, 5) is 0. The fraction of sp³-hybridized carbons (Fsp3) is 1.00. The van der Waals surface area contributed by atoms with Gasteiger partial charge in [0.1, 0.15) is 0 Å². The maximum absolute atomic E-state index is 13.5. The van der Waals surface area contributed by atoms with E-state index in [-0.39, 0.29) is 0 Å². The third-order valence-corrected chi connectivity index (χ3v) is 4.95. The number of hydrogen-bond acceptors (Lipinski definition) is 3. The Labute approximate surface area is 188 Å². The van der Waals surface area contributed by atoms with Crippen LogP contribution in [0.25, 0.3) is 0 Å². The molecule has 0 unspecified atom stereocenters. The molecule has 0 radical (unpaired) electrons. The second-order valence-electron chi connectivity index (χ2n) is 6.81. The molecule has 0 aliphatic carbocycles. The van der Waals surface area contributed by atoms with E-state index in [0.29, 0.717) is 0 Å². The van der Waals surface area contributed by atoms with Crippen LogP contribution in [-0.4, -0.2) is 78.2 Å². The molecule has 224 valence electrons. The SMILES string of the molecule is O=S(=O)([O-])CCC(F)(F)C(F)(F)C(F)(F)C(F)(F)C(F)(F)C(F)(F)C(F)(F)C(F)(F)C(F)(F)C(F)(F)F. The van der Waals surface area contributed by atoms with Crippen molar-refractivity contribution in [3.05, 3.63) is 0 Å². The van der Waals surface area contributed by atoms with Gasteiger partial charge < -0.3 is 4.55 Å². The lowest BCUT2D eigenvalue weighted by atomic mass is 9.86. The Morgan fingerprint density at radius 3 is 0.838 bits per heavy atom. The Bertz CT molecular complexity index is 946. The summed E-state index contributed by atoms with van der Waals surface area (Å²) in [6.45, 7) is 0. The zero-order valence-corrected chi connectivity index (χ0v) is 16.8. The monoisotopic (exact) mass is 627 g/mol. The van der Waals surface area contributed by atoms with Crippen molar-refractivity contribution in [3.8, 4) is 0 Å². The van der Waals surface area contributed by atoms with Crippen LogP contribution in [0.2, 0.25) is 0 Å². The molecular formula is C12H4F21O3S-. The molecule has 0 atom stereocenters. The van der Waals surface area contributed by atoms with Crippen molar-refractivity contribution >= 4 is 10.1 Å². The van der Waals surface area contributed by atoms with Crippen LogP contribution < -0.4 is 0 Å². The van der Waals surface area contributed by atoms with Gasteiger partial charge in [0.05, 0.1) is 10.1 Å². The summed E-state index contributed by atoms with van der Waals surface area (Å²) in [5.41, 5.74) is 0. The number of rotatable bonds is 11. The van der Waals surface area contributed by atoms with Gasteiger partial charge in [-0.25, -0.2) is 8.42 Å². The normalized spacial score (nSPS) is 16.8. The predicted molar refractivity (Wildman–Crippen MR) is 69.8 cm³/mol. The first kappa shape index (κ1) is 35.4. The zero-order chi connectivity index (χ0) is 30.9. The van der Waals surface area contributed by atoms with E-state index in [4.69, 9.17) is 0 Å². The third-order valence-electron chi connectivity index (χ3n) is 4.24. The van der Waals surface area contributed by atoms with Crippen LogP contribution in [0, 0.1) is 0 Å². The molecule has 0 aliphatic heterocycles. The van der Waals surface area contributed by atoms with Crippen LogP contribution in [0.1, 0.15) is 6.42 Å². The Hall–Kier alpha value is -1.56. The van der Waals surface area contributed by atoms with Crippen LogP contribution in [0.5, 0.6) is 0 Å². The number of halogens is 21. The molecule has 0 saturated heterocycles. The average Bonchev–Trinajstić information content (AvgIpc) is 2.63. The molecule has 0 bridgehead atoms. The Kier molecular flexibility index (Phi) is 8.36. The summed E-state index contributed by atoms with van der Waals surface area (Å²) < 4.78 is 304.